The molecule has 0 atom stereocenters. The minimum absolute atomic E-state index is 0.519. The number of para-hydroxylation sites is 1. The van der Waals surface area contributed by atoms with Gasteiger partial charge in [0, 0.05) is 11.6 Å². The third kappa shape index (κ3) is 3.67. The van der Waals surface area contributed by atoms with E-state index in [4.69, 9.17) is 35.4 Å². The van der Waals surface area contributed by atoms with Crippen LogP contribution in [0, 0.1) is 0 Å². The van der Waals surface area contributed by atoms with Crippen molar-refractivity contribution in [2.75, 3.05) is 5.32 Å². The third-order valence-electron chi connectivity index (χ3n) is 2.96. The van der Waals surface area contributed by atoms with E-state index in [2.05, 4.69) is 15.6 Å². The Labute approximate surface area is 147 Å². The number of thiazole rings is 1. The maximum atomic E-state index is 6.12. The Hall–Kier alpha value is -1.40. The standard InChI is InChI=1S/C15H11Cl2N3S2/c16-10-6-4-9(5-7-10)8-18-14(21)20-15-19-13-11(17)2-1-3-12(13)22-15/h1-7H,8H2,(H2,18,19,20,21). The molecule has 1 aromatic heterocycles. The van der Waals surface area contributed by atoms with Gasteiger partial charge in [-0.05, 0) is 42.0 Å². The molecule has 0 aliphatic heterocycles. The van der Waals surface area contributed by atoms with Gasteiger partial charge in [0.2, 0.25) is 0 Å². The van der Waals surface area contributed by atoms with Crippen LogP contribution in [0.5, 0.6) is 0 Å². The molecule has 3 nitrogen and oxygen atoms in total. The zero-order valence-electron chi connectivity index (χ0n) is 11.3. The minimum Gasteiger partial charge on any atom is -0.358 e. The second-order valence-corrected chi connectivity index (χ2v) is 6.82. The Kier molecular flexibility index (Phi) is 4.78. The first kappa shape index (κ1) is 15.5. The van der Waals surface area contributed by atoms with Gasteiger partial charge >= 0.3 is 0 Å². The fraction of sp³-hybridized carbons (Fsp3) is 0.0667. The van der Waals surface area contributed by atoms with Crippen LogP contribution < -0.4 is 10.6 Å². The number of aromatic nitrogens is 1. The van der Waals surface area contributed by atoms with E-state index in [0.717, 1.165) is 25.9 Å². The van der Waals surface area contributed by atoms with Crippen molar-refractivity contribution in [1.82, 2.24) is 10.3 Å². The number of nitrogens with one attached hydrogen (secondary N) is 2. The molecule has 0 radical (unpaired) electrons. The second-order valence-electron chi connectivity index (χ2n) is 4.54. The van der Waals surface area contributed by atoms with Gasteiger partial charge in [0.15, 0.2) is 10.2 Å². The SMILES string of the molecule is S=C(NCc1ccc(Cl)cc1)Nc1nc2c(Cl)cccc2s1. The fourth-order valence-corrected chi connectivity index (χ4v) is 3.42. The molecule has 112 valence electrons. The smallest absolute Gasteiger partial charge is 0.190 e. The first-order valence-electron chi connectivity index (χ1n) is 6.46. The van der Waals surface area contributed by atoms with Gasteiger partial charge in [-0.1, -0.05) is 52.7 Å². The molecule has 7 heteroatoms. The van der Waals surface area contributed by atoms with Gasteiger partial charge in [0.05, 0.1) is 9.72 Å². The number of hydrogen-bond acceptors (Lipinski definition) is 3. The van der Waals surface area contributed by atoms with Gasteiger partial charge in [-0.25, -0.2) is 4.98 Å². The number of hydrogen-bond donors (Lipinski definition) is 2. The summed E-state index contributed by atoms with van der Waals surface area (Å²) in [6, 6.07) is 13.3. The first-order chi connectivity index (χ1) is 10.6. The van der Waals surface area contributed by atoms with Crippen molar-refractivity contribution in [1.29, 1.82) is 0 Å². The number of thiocarbonyl (C=S) groups is 1. The lowest BCUT2D eigenvalue weighted by Gasteiger charge is -2.08. The molecule has 2 aromatic carbocycles. The van der Waals surface area contributed by atoms with Crippen LogP contribution in [-0.4, -0.2) is 10.1 Å². The van der Waals surface area contributed by atoms with Crippen LogP contribution in [0.2, 0.25) is 10.0 Å². The minimum atomic E-state index is 0.519. The summed E-state index contributed by atoms with van der Waals surface area (Å²) >= 11 is 18.8. The average molecular weight is 368 g/mol. The number of nitrogens with zero attached hydrogens (tertiary/aromatic N) is 1. The summed E-state index contributed by atoms with van der Waals surface area (Å²) in [6.45, 7) is 0.620. The van der Waals surface area contributed by atoms with E-state index in [1.165, 1.54) is 11.3 Å². The Morgan fingerprint density at radius 2 is 1.91 bits per heavy atom. The van der Waals surface area contributed by atoms with E-state index in [9.17, 15) is 0 Å². The Morgan fingerprint density at radius 1 is 1.14 bits per heavy atom. The van der Waals surface area contributed by atoms with Gasteiger partial charge < -0.3 is 10.6 Å². The maximum Gasteiger partial charge on any atom is 0.190 e. The van der Waals surface area contributed by atoms with Gasteiger partial charge in [0.1, 0.15) is 5.52 Å². The highest BCUT2D eigenvalue weighted by molar-refractivity contribution is 7.80. The highest BCUT2D eigenvalue weighted by Gasteiger charge is 2.07. The molecule has 2 N–H and O–H groups in total. The van der Waals surface area contributed by atoms with Crippen LogP contribution in [0.3, 0.4) is 0 Å². The van der Waals surface area contributed by atoms with E-state index in [1.807, 2.05) is 42.5 Å². The Bertz CT molecular complexity index is 815. The predicted molar refractivity (Wildman–Crippen MR) is 99.1 cm³/mol. The quantitative estimate of drug-likeness (QED) is 0.632. The van der Waals surface area contributed by atoms with E-state index >= 15 is 0 Å². The molecule has 0 unspecified atom stereocenters. The lowest BCUT2D eigenvalue weighted by molar-refractivity contribution is 0.926. The molecule has 0 bridgehead atoms. The molecular weight excluding hydrogens is 357 g/mol. The summed E-state index contributed by atoms with van der Waals surface area (Å²) in [5.41, 5.74) is 1.89. The molecule has 0 saturated heterocycles. The van der Waals surface area contributed by atoms with E-state index in [0.29, 0.717) is 16.7 Å². The molecule has 0 aliphatic carbocycles. The fourth-order valence-electron chi connectivity index (χ4n) is 1.89. The van der Waals surface area contributed by atoms with Gasteiger partial charge in [-0.15, -0.1) is 0 Å². The molecule has 0 spiro atoms. The van der Waals surface area contributed by atoms with Gasteiger partial charge in [-0.3, -0.25) is 0 Å². The molecule has 0 amide bonds. The third-order valence-corrected chi connectivity index (χ3v) is 4.70. The number of anilines is 1. The number of halogens is 2. The van der Waals surface area contributed by atoms with Crippen molar-refractivity contribution in [3.63, 3.8) is 0 Å². The van der Waals surface area contributed by atoms with E-state index in [1.54, 1.807) is 0 Å². The lowest BCUT2D eigenvalue weighted by Crippen LogP contribution is -2.27. The first-order valence-corrected chi connectivity index (χ1v) is 8.44. The highest BCUT2D eigenvalue weighted by Crippen LogP contribution is 2.30. The van der Waals surface area contributed by atoms with Crippen LogP contribution >= 0.6 is 46.8 Å². The van der Waals surface area contributed by atoms with Crippen molar-refractivity contribution in [3.8, 4) is 0 Å². The van der Waals surface area contributed by atoms with Crippen LogP contribution in [0.4, 0.5) is 5.13 Å². The van der Waals surface area contributed by atoms with Crippen molar-refractivity contribution < 1.29 is 0 Å². The number of fused-ring (bicyclic) bond motifs is 1. The van der Waals surface area contributed by atoms with Crippen molar-refractivity contribution in [3.05, 3.63) is 58.1 Å². The molecule has 1 heterocycles. The topological polar surface area (TPSA) is 37.0 Å². The van der Waals surface area contributed by atoms with Crippen LogP contribution in [0.15, 0.2) is 42.5 Å². The van der Waals surface area contributed by atoms with Crippen LogP contribution in [0.1, 0.15) is 5.56 Å². The second kappa shape index (κ2) is 6.79. The highest BCUT2D eigenvalue weighted by atomic mass is 35.5. The molecule has 22 heavy (non-hydrogen) atoms. The average Bonchev–Trinajstić information content (AvgIpc) is 2.90. The molecule has 0 saturated carbocycles. The summed E-state index contributed by atoms with van der Waals surface area (Å²) < 4.78 is 1.02. The van der Waals surface area contributed by atoms with E-state index < -0.39 is 0 Å². The Balaban J connectivity index is 1.63. The molecule has 3 rings (SSSR count). The van der Waals surface area contributed by atoms with Crippen molar-refractivity contribution in [2.24, 2.45) is 0 Å². The zero-order valence-corrected chi connectivity index (χ0v) is 14.4. The monoisotopic (exact) mass is 367 g/mol. The summed E-state index contributed by atoms with van der Waals surface area (Å²) in [6.07, 6.45) is 0. The number of rotatable bonds is 3. The largest absolute Gasteiger partial charge is 0.358 e. The van der Waals surface area contributed by atoms with Crippen molar-refractivity contribution >= 4 is 67.2 Å². The van der Waals surface area contributed by atoms with Gasteiger partial charge in [0.25, 0.3) is 0 Å². The summed E-state index contributed by atoms with van der Waals surface area (Å²) in [4.78, 5) is 4.45. The van der Waals surface area contributed by atoms with E-state index in [-0.39, 0.29) is 0 Å². The normalized spacial score (nSPS) is 10.6. The van der Waals surface area contributed by atoms with Crippen LogP contribution in [0.25, 0.3) is 10.2 Å². The van der Waals surface area contributed by atoms with Crippen LogP contribution in [-0.2, 0) is 6.54 Å². The zero-order chi connectivity index (χ0) is 15.5. The van der Waals surface area contributed by atoms with Crippen molar-refractivity contribution in [2.45, 2.75) is 6.54 Å². The predicted octanol–water partition coefficient (Wildman–Crippen LogP) is 5.09. The summed E-state index contributed by atoms with van der Waals surface area (Å²) in [7, 11) is 0. The summed E-state index contributed by atoms with van der Waals surface area (Å²) in [5.74, 6) is 0. The molecule has 0 fully saturated rings. The maximum absolute atomic E-state index is 6.12. The Morgan fingerprint density at radius 3 is 2.64 bits per heavy atom. The molecular formula is C15H11Cl2N3S2. The molecule has 0 aliphatic rings. The summed E-state index contributed by atoms with van der Waals surface area (Å²) in [5, 5.41) is 8.82. The molecule has 3 aromatic rings. The number of benzene rings is 2. The lowest BCUT2D eigenvalue weighted by atomic mass is 10.2. The van der Waals surface area contributed by atoms with Gasteiger partial charge in [-0.2, -0.15) is 0 Å².